The highest BCUT2D eigenvalue weighted by Gasteiger charge is 1.89. The van der Waals surface area contributed by atoms with Crippen molar-refractivity contribution in [2.45, 2.75) is 0 Å². The molecule has 2 rings (SSSR count). The SMILES string of the molecule is c1ccc(N=Nc2nccs2)cc1. The third-order valence-electron chi connectivity index (χ3n) is 1.43. The number of nitrogens with zero attached hydrogens (tertiary/aromatic N) is 3. The highest BCUT2D eigenvalue weighted by molar-refractivity contribution is 7.13. The average Bonchev–Trinajstić information content (AvgIpc) is 2.69. The van der Waals surface area contributed by atoms with Crippen LogP contribution in [0.2, 0.25) is 0 Å². The molecule has 0 N–H and O–H groups in total. The summed E-state index contributed by atoms with van der Waals surface area (Å²) in [6.45, 7) is 0. The Labute approximate surface area is 79.8 Å². The summed E-state index contributed by atoms with van der Waals surface area (Å²) < 4.78 is 0. The summed E-state index contributed by atoms with van der Waals surface area (Å²) in [5, 5.41) is 10.5. The van der Waals surface area contributed by atoms with Gasteiger partial charge in [-0.2, -0.15) is 0 Å². The average molecular weight is 189 g/mol. The van der Waals surface area contributed by atoms with Gasteiger partial charge in [0, 0.05) is 11.6 Å². The fourth-order valence-corrected chi connectivity index (χ4v) is 1.31. The van der Waals surface area contributed by atoms with Crippen LogP contribution in [0, 0.1) is 0 Å². The van der Waals surface area contributed by atoms with Gasteiger partial charge in [0.15, 0.2) is 0 Å². The van der Waals surface area contributed by atoms with E-state index in [-0.39, 0.29) is 0 Å². The number of hydrogen-bond acceptors (Lipinski definition) is 4. The molecule has 0 atom stereocenters. The monoisotopic (exact) mass is 189 g/mol. The second-order valence-electron chi connectivity index (χ2n) is 2.35. The number of benzene rings is 1. The van der Waals surface area contributed by atoms with Crippen molar-refractivity contribution < 1.29 is 0 Å². The van der Waals surface area contributed by atoms with Gasteiger partial charge in [-0.25, -0.2) is 4.98 Å². The van der Waals surface area contributed by atoms with E-state index in [0.29, 0.717) is 5.13 Å². The Morgan fingerprint density at radius 3 is 2.62 bits per heavy atom. The number of rotatable bonds is 2. The number of aromatic nitrogens is 1. The molecule has 4 heteroatoms. The Kier molecular flexibility index (Phi) is 2.43. The van der Waals surface area contributed by atoms with Crippen LogP contribution in [0.3, 0.4) is 0 Å². The lowest BCUT2D eigenvalue weighted by atomic mass is 10.3. The van der Waals surface area contributed by atoms with Crippen LogP contribution < -0.4 is 0 Å². The van der Waals surface area contributed by atoms with Gasteiger partial charge in [0.05, 0.1) is 5.69 Å². The summed E-state index contributed by atoms with van der Waals surface area (Å²) in [5.41, 5.74) is 0.845. The molecule has 1 heterocycles. The van der Waals surface area contributed by atoms with Gasteiger partial charge >= 0.3 is 0 Å². The zero-order valence-electron chi connectivity index (χ0n) is 6.79. The van der Waals surface area contributed by atoms with Crippen LogP contribution in [0.5, 0.6) is 0 Å². The normalized spacial score (nSPS) is 10.8. The highest BCUT2D eigenvalue weighted by atomic mass is 32.1. The molecule has 0 spiro atoms. The molecular formula is C9H7N3S. The Morgan fingerprint density at radius 1 is 1.08 bits per heavy atom. The van der Waals surface area contributed by atoms with E-state index in [2.05, 4.69) is 15.2 Å². The van der Waals surface area contributed by atoms with Crippen molar-refractivity contribution in [3.8, 4) is 0 Å². The van der Waals surface area contributed by atoms with E-state index >= 15 is 0 Å². The summed E-state index contributed by atoms with van der Waals surface area (Å²) in [7, 11) is 0. The van der Waals surface area contributed by atoms with Crippen LogP contribution in [0.1, 0.15) is 0 Å². The third-order valence-corrected chi connectivity index (χ3v) is 2.08. The smallest absolute Gasteiger partial charge is 0.226 e. The van der Waals surface area contributed by atoms with Crippen LogP contribution in [0.4, 0.5) is 10.8 Å². The third kappa shape index (κ3) is 2.19. The molecule has 0 unspecified atom stereocenters. The zero-order valence-corrected chi connectivity index (χ0v) is 7.61. The molecule has 0 saturated heterocycles. The molecule has 0 aliphatic heterocycles. The van der Waals surface area contributed by atoms with Crippen LogP contribution in [0.25, 0.3) is 0 Å². The summed E-state index contributed by atoms with van der Waals surface area (Å²) in [5.74, 6) is 0. The first-order valence-corrected chi connectivity index (χ1v) is 4.69. The van der Waals surface area contributed by atoms with E-state index in [1.807, 2.05) is 35.7 Å². The van der Waals surface area contributed by atoms with E-state index < -0.39 is 0 Å². The molecule has 0 aliphatic rings. The molecule has 1 aromatic carbocycles. The van der Waals surface area contributed by atoms with Crippen LogP contribution in [-0.4, -0.2) is 4.98 Å². The lowest BCUT2D eigenvalue weighted by molar-refractivity contribution is 1.20. The molecule has 0 saturated carbocycles. The fraction of sp³-hybridized carbons (Fsp3) is 0. The second kappa shape index (κ2) is 3.91. The fourth-order valence-electron chi connectivity index (χ4n) is 0.860. The van der Waals surface area contributed by atoms with Gasteiger partial charge in [0.1, 0.15) is 0 Å². The van der Waals surface area contributed by atoms with Crippen molar-refractivity contribution in [2.24, 2.45) is 10.2 Å². The zero-order chi connectivity index (χ0) is 8.93. The molecular weight excluding hydrogens is 182 g/mol. The lowest BCUT2D eigenvalue weighted by Crippen LogP contribution is -1.60. The Bertz CT molecular complexity index is 381. The van der Waals surface area contributed by atoms with Gasteiger partial charge in [0.25, 0.3) is 0 Å². The van der Waals surface area contributed by atoms with Gasteiger partial charge in [-0.05, 0) is 12.1 Å². The predicted molar refractivity (Wildman–Crippen MR) is 52.7 cm³/mol. The molecule has 1 aromatic heterocycles. The summed E-state index contributed by atoms with van der Waals surface area (Å²) in [4.78, 5) is 3.99. The minimum absolute atomic E-state index is 0.684. The summed E-state index contributed by atoms with van der Waals surface area (Å²) in [6, 6.07) is 9.60. The van der Waals surface area contributed by atoms with Crippen molar-refractivity contribution in [3.63, 3.8) is 0 Å². The summed E-state index contributed by atoms with van der Waals surface area (Å²) in [6.07, 6.45) is 1.71. The minimum Gasteiger partial charge on any atom is -0.226 e. The van der Waals surface area contributed by atoms with E-state index in [9.17, 15) is 0 Å². The molecule has 0 fully saturated rings. The quantitative estimate of drug-likeness (QED) is 0.665. The number of thiazole rings is 1. The molecule has 13 heavy (non-hydrogen) atoms. The van der Waals surface area contributed by atoms with Gasteiger partial charge in [0.2, 0.25) is 5.13 Å². The summed E-state index contributed by atoms with van der Waals surface area (Å²) >= 11 is 1.47. The van der Waals surface area contributed by atoms with Crippen molar-refractivity contribution >= 4 is 22.2 Å². The topological polar surface area (TPSA) is 37.6 Å². The molecule has 0 radical (unpaired) electrons. The Hall–Kier alpha value is -1.55. The van der Waals surface area contributed by atoms with E-state index in [1.165, 1.54) is 11.3 Å². The second-order valence-corrected chi connectivity index (χ2v) is 3.22. The molecule has 3 nitrogen and oxygen atoms in total. The lowest BCUT2D eigenvalue weighted by Gasteiger charge is -1.87. The largest absolute Gasteiger partial charge is 0.229 e. The first-order valence-electron chi connectivity index (χ1n) is 3.81. The van der Waals surface area contributed by atoms with E-state index in [4.69, 9.17) is 0 Å². The maximum absolute atomic E-state index is 4.02. The first kappa shape index (κ1) is 8.07. The van der Waals surface area contributed by atoms with Gasteiger partial charge in [-0.1, -0.05) is 18.2 Å². The van der Waals surface area contributed by atoms with Crippen LogP contribution >= 0.6 is 11.3 Å². The molecule has 0 amide bonds. The van der Waals surface area contributed by atoms with Crippen LogP contribution in [0.15, 0.2) is 52.1 Å². The predicted octanol–water partition coefficient (Wildman–Crippen LogP) is 3.56. The highest BCUT2D eigenvalue weighted by Crippen LogP contribution is 2.19. The maximum atomic E-state index is 4.02. The molecule has 2 aromatic rings. The van der Waals surface area contributed by atoms with Crippen molar-refractivity contribution in [2.75, 3.05) is 0 Å². The van der Waals surface area contributed by atoms with Gasteiger partial charge in [-0.15, -0.1) is 21.6 Å². The van der Waals surface area contributed by atoms with Crippen LogP contribution in [-0.2, 0) is 0 Å². The van der Waals surface area contributed by atoms with Crippen molar-refractivity contribution in [1.82, 2.24) is 4.98 Å². The van der Waals surface area contributed by atoms with Crippen molar-refractivity contribution in [1.29, 1.82) is 0 Å². The minimum atomic E-state index is 0.684. The Morgan fingerprint density at radius 2 is 1.92 bits per heavy atom. The Balaban J connectivity index is 2.15. The molecule has 0 aliphatic carbocycles. The maximum Gasteiger partial charge on any atom is 0.229 e. The van der Waals surface area contributed by atoms with E-state index in [1.54, 1.807) is 6.20 Å². The first-order chi connectivity index (χ1) is 6.45. The molecule has 64 valence electrons. The van der Waals surface area contributed by atoms with Gasteiger partial charge in [-0.3, -0.25) is 0 Å². The van der Waals surface area contributed by atoms with Gasteiger partial charge < -0.3 is 0 Å². The molecule has 0 bridgehead atoms. The number of azo groups is 1. The number of hydrogen-bond donors (Lipinski definition) is 0. The van der Waals surface area contributed by atoms with Crippen molar-refractivity contribution in [3.05, 3.63) is 41.9 Å². The van der Waals surface area contributed by atoms with E-state index in [0.717, 1.165) is 5.69 Å². The standard InChI is InChI=1S/C9H7N3S/c1-2-4-8(5-3-1)11-12-9-10-6-7-13-9/h1-7H.